The van der Waals surface area contributed by atoms with Crippen LogP contribution < -0.4 is 21.5 Å². The topological polar surface area (TPSA) is 90.4 Å². The molecule has 4 rings (SSSR count). The van der Waals surface area contributed by atoms with Crippen LogP contribution in [0.4, 0.5) is 0 Å². The Labute approximate surface area is 193 Å². The summed E-state index contributed by atoms with van der Waals surface area (Å²) in [6.45, 7) is 4.94. The van der Waals surface area contributed by atoms with Crippen LogP contribution in [0.25, 0.3) is 0 Å². The first-order valence-electron chi connectivity index (χ1n) is 10.7. The van der Waals surface area contributed by atoms with Gasteiger partial charge in [0.15, 0.2) is 0 Å². The number of hydrogen-bond donors (Lipinski definition) is 3. The molecule has 31 heavy (non-hydrogen) atoms. The van der Waals surface area contributed by atoms with Crippen LogP contribution in [0.5, 0.6) is 5.75 Å². The minimum atomic E-state index is -0.806. The first-order chi connectivity index (χ1) is 14.7. The Kier molecular flexibility index (Phi) is 5.99. The number of hydrogen-bond acceptors (Lipinski definition) is 4. The SMILES string of the molecule is CC1NC(=O)C2(C)CCC(c3ccc(OCCN)cc3Cl)C(N)(c3ccc(Cl)cc3)C12. The highest BCUT2D eigenvalue weighted by Crippen LogP contribution is 2.60. The fraction of sp³-hybridized carbons (Fsp3) is 0.458. The number of fused-ring (bicyclic) bond motifs is 1. The van der Waals surface area contributed by atoms with Gasteiger partial charge < -0.3 is 21.5 Å². The second-order valence-corrected chi connectivity index (χ2v) is 9.85. The van der Waals surface area contributed by atoms with Gasteiger partial charge in [-0.2, -0.15) is 0 Å². The summed E-state index contributed by atoms with van der Waals surface area (Å²) in [7, 11) is 0. The van der Waals surface area contributed by atoms with Crippen molar-refractivity contribution in [2.75, 3.05) is 13.2 Å². The Balaban J connectivity index is 1.84. The van der Waals surface area contributed by atoms with E-state index in [0.717, 1.165) is 24.0 Å². The molecule has 5 N–H and O–H groups in total. The summed E-state index contributed by atoms with van der Waals surface area (Å²) in [4.78, 5) is 12.9. The summed E-state index contributed by atoms with van der Waals surface area (Å²) in [5.41, 5.74) is 13.5. The molecule has 1 aliphatic heterocycles. The van der Waals surface area contributed by atoms with Crippen molar-refractivity contribution in [3.8, 4) is 5.75 Å². The van der Waals surface area contributed by atoms with E-state index < -0.39 is 11.0 Å². The Morgan fingerprint density at radius 1 is 1.19 bits per heavy atom. The molecule has 0 radical (unpaired) electrons. The zero-order valence-corrected chi connectivity index (χ0v) is 19.3. The summed E-state index contributed by atoms with van der Waals surface area (Å²) in [5.74, 6) is 0.582. The van der Waals surface area contributed by atoms with E-state index in [0.29, 0.717) is 28.9 Å². The predicted octanol–water partition coefficient (Wildman–Crippen LogP) is 4.20. The summed E-state index contributed by atoms with van der Waals surface area (Å²) < 4.78 is 5.63. The highest BCUT2D eigenvalue weighted by Gasteiger charge is 2.63. The van der Waals surface area contributed by atoms with Gasteiger partial charge in [-0.3, -0.25) is 4.79 Å². The molecule has 1 aliphatic carbocycles. The lowest BCUT2D eigenvalue weighted by Gasteiger charge is -2.53. The maximum absolute atomic E-state index is 12.9. The minimum absolute atomic E-state index is 0.0630. The van der Waals surface area contributed by atoms with E-state index >= 15 is 0 Å². The van der Waals surface area contributed by atoms with Gasteiger partial charge in [-0.05, 0) is 55.2 Å². The zero-order valence-electron chi connectivity index (χ0n) is 17.8. The Hall–Kier alpha value is -1.79. The molecular weight excluding hydrogens is 433 g/mol. The number of nitrogens with two attached hydrogens (primary N) is 2. The fourth-order valence-electron chi connectivity index (χ4n) is 5.85. The van der Waals surface area contributed by atoms with E-state index in [2.05, 4.69) is 5.32 Å². The lowest BCUT2D eigenvalue weighted by molar-refractivity contribution is -0.131. The van der Waals surface area contributed by atoms with E-state index in [-0.39, 0.29) is 23.8 Å². The van der Waals surface area contributed by atoms with Crippen molar-refractivity contribution in [1.82, 2.24) is 5.32 Å². The van der Waals surface area contributed by atoms with Gasteiger partial charge >= 0.3 is 0 Å². The molecule has 0 aromatic heterocycles. The summed E-state index contributed by atoms with van der Waals surface area (Å²) >= 11 is 12.9. The van der Waals surface area contributed by atoms with Crippen molar-refractivity contribution in [3.05, 3.63) is 63.6 Å². The van der Waals surface area contributed by atoms with Crippen molar-refractivity contribution < 1.29 is 9.53 Å². The van der Waals surface area contributed by atoms with Gasteiger partial charge in [0.05, 0.1) is 11.0 Å². The van der Waals surface area contributed by atoms with E-state index in [1.165, 1.54) is 0 Å². The Bertz CT molecular complexity index is 983. The molecule has 1 saturated carbocycles. The normalized spacial score (nSPS) is 32.5. The molecule has 166 valence electrons. The van der Waals surface area contributed by atoms with Crippen LogP contribution in [0.3, 0.4) is 0 Å². The zero-order chi connectivity index (χ0) is 22.4. The lowest BCUT2D eigenvalue weighted by Crippen LogP contribution is -2.59. The van der Waals surface area contributed by atoms with E-state index in [1.54, 1.807) is 0 Å². The van der Waals surface area contributed by atoms with Crippen LogP contribution in [-0.2, 0) is 10.3 Å². The first-order valence-corrected chi connectivity index (χ1v) is 11.5. The van der Waals surface area contributed by atoms with Crippen molar-refractivity contribution >= 4 is 29.1 Å². The Morgan fingerprint density at radius 3 is 2.55 bits per heavy atom. The molecular formula is C24H29Cl2N3O2. The third kappa shape index (κ3) is 3.62. The number of rotatable bonds is 5. The van der Waals surface area contributed by atoms with E-state index in [4.69, 9.17) is 39.4 Å². The number of benzene rings is 2. The third-order valence-corrected chi connectivity index (χ3v) is 7.76. The first kappa shape index (κ1) is 22.4. The maximum atomic E-state index is 12.9. The second kappa shape index (κ2) is 8.28. The molecule has 5 atom stereocenters. The largest absolute Gasteiger partial charge is 0.492 e. The van der Waals surface area contributed by atoms with E-state index in [1.807, 2.05) is 56.3 Å². The lowest BCUT2D eigenvalue weighted by atomic mass is 9.52. The van der Waals surface area contributed by atoms with Gasteiger partial charge in [0.1, 0.15) is 12.4 Å². The van der Waals surface area contributed by atoms with Crippen molar-refractivity contribution in [1.29, 1.82) is 0 Å². The highest BCUT2D eigenvalue weighted by atomic mass is 35.5. The molecule has 0 bridgehead atoms. The second-order valence-electron chi connectivity index (χ2n) is 9.01. The van der Waals surface area contributed by atoms with Gasteiger partial charge in [-0.1, -0.05) is 48.3 Å². The van der Waals surface area contributed by atoms with Gasteiger partial charge in [0, 0.05) is 34.5 Å². The molecule has 2 aromatic carbocycles. The Morgan fingerprint density at radius 2 is 1.90 bits per heavy atom. The molecule has 2 aliphatic rings. The third-order valence-electron chi connectivity index (χ3n) is 7.19. The molecule has 2 fully saturated rings. The average Bonchev–Trinajstić information content (AvgIpc) is 2.97. The van der Waals surface area contributed by atoms with Gasteiger partial charge in [0.2, 0.25) is 5.91 Å². The molecule has 5 unspecified atom stereocenters. The predicted molar refractivity (Wildman–Crippen MR) is 124 cm³/mol. The highest BCUT2D eigenvalue weighted by molar-refractivity contribution is 6.31. The standard InChI is InChI=1S/C24H29Cl2N3O2/c1-14-21-23(2,22(30)29-14)10-9-19(24(21,28)15-3-5-16(25)6-4-15)18-8-7-17(13-20(18)26)31-12-11-27/h3-8,13-14,19,21H,9-12,27-28H2,1-2H3,(H,29,30). The van der Waals surface area contributed by atoms with Crippen LogP contribution in [0, 0.1) is 11.3 Å². The van der Waals surface area contributed by atoms with Gasteiger partial charge in [-0.25, -0.2) is 0 Å². The molecule has 0 spiro atoms. The van der Waals surface area contributed by atoms with Crippen LogP contribution in [0.2, 0.25) is 10.0 Å². The number of ether oxygens (including phenoxy) is 1. The van der Waals surface area contributed by atoms with Crippen LogP contribution in [0.15, 0.2) is 42.5 Å². The smallest absolute Gasteiger partial charge is 0.226 e. The molecule has 1 amide bonds. The van der Waals surface area contributed by atoms with Crippen LogP contribution >= 0.6 is 23.2 Å². The quantitative estimate of drug-likeness (QED) is 0.621. The summed E-state index contributed by atoms with van der Waals surface area (Å²) in [6.07, 6.45) is 1.49. The minimum Gasteiger partial charge on any atom is -0.492 e. The van der Waals surface area contributed by atoms with Crippen LogP contribution in [0.1, 0.15) is 43.7 Å². The van der Waals surface area contributed by atoms with Crippen molar-refractivity contribution in [3.63, 3.8) is 0 Å². The van der Waals surface area contributed by atoms with E-state index in [9.17, 15) is 4.79 Å². The van der Waals surface area contributed by atoms with Gasteiger partial charge in [0.25, 0.3) is 0 Å². The van der Waals surface area contributed by atoms with Crippen LogP contribution in [-0.4, -0.2) is 25.1 Å². The molecule has 7 heteroatoms. The molecule has 5 nitrogen and oxygen atoms in total. The molecule has 2 aromatic rings. The number of carbonyl (C=O) groups excluding carboxylic acids is 1. The average molecular weight is 462 g/mol. The number of halogens is 2. The summed E-state index contributed by atoms with van der Waals surface area (Å²) in [5, 5.41) is 4.40. The number of amides is 1. The summed E-state index contributed by atoms with van der Waals surface area (Å²) in [6, 6.07) is 13.3. The monoisotopic (exact) mass is 461 g/mol. The molecule has 1 saturated heterocycles. The maximum Gasteiger partial charge on any atom is 0.226 e. The van der Waals surface area contributed by atoms with Crippen molar-refractivity contribution in [2.24, 2.45) is 22.8 Å². The molecule has 1 heterocycles. The number of nitrogens with one attached hydrogen (secondary N) is 1. The van der Waals surface area contributed by atoms with Gasteiger partial charge in [-0.15, -0.1) is 0 Å². The number of carbonyl (C=O) groups is 1. The van der Waals surface area contributed by atoms with Crippen molar-refractivity contribution in [2.45, 2.75) is 44.2 Å². The fourth-order valence-corrected chi connectivity index (χ4v) is 6.27.